The number of carbonyl (C=O) groups excluding carboxylic acids is 1. The first kappa shape index (κ1) is 15.1. The molecule has 0 aliphatic carbocycles. The Morgan fingerprint density at radius 3 is 2.83 bits per heavy atom. The number of carbonyl (C=O) groups is 1. The van der Waals surface area contributed by atoms with Gasteiger partial charge < -0.3 is 9.47 Å². The van der Waals surface area contributed by atoms with Gasteiger partial charge >= 0.3 is 0 Å². The molecule has 0 amide bonds. The van der Waals surface area contributed by atoms with E-state index in [2.05, 4.69) is 0 Å². The highest BCUT2D eigenvalue weighted by atomic mass is 35.5. The van der Waals surface area contributed by atoms with Crippen molar-refractivity contribution >= 4 is 17.4 Å². The third-order valence-electron chi connectivity index (χ3n) is 2.35. The lowest BCUT2D eigenvalue weighted by molar-refractivity contribution is -0.119. The molecule has 0 aromatic heterocycles. The van der Waals surface area contributed by atoms with Gasteiger partial charge in [-0.3, -0.25) is 4.79 Å². The number of ketones is 1. The Labute approximate surface area is 111 Å². The van der Waals surface area contributed by atoms with Crippen molar-refractivity contribution in [3.05, 3.63) is 34.6 Å². The summed E-state index contributed by atoms with van der Waals surface area (Å²) >= 11 is 5.88. The molecule has 0 aliphatic rings. The van der Waals surface area contributed by atoms with Crippen LogP contribution >= 0.6 is 11.6 Å². The van der Waals surface area contributed by atoms with Crippen molar-refractivity contribution < 1.29 is 18.7 Å². The molecule has 0 bridgehead atoms. The number of halogens is 2. The van der Waals surface area contributed by atoms with Gasteiger partial charge in [0.05, 0.1) is 19.8 Å². The van der Waals surface area contributed by atoms with Crippen LogP contribution in [-0.4, -0.2) is 32.7 Å². The highest BCUT2D eigenvalue weighted by molar-refractivity contribution is 6.31. The minimum Gasteiger partial charge on any atom is -0.382 e. The summed E-state index contributed by atoms with van der Waals surface area (Å²) in [5.41, 5.74) is 0.513. The van der Waals surface area contributed by atoms with Crippen LogP contribution in [0.4, 0.5) is 4.39 Å². The van der Waals surface area contributed by atoms with Crippen molar-refractivity contribution in [3.63, 3.8) is 0 Å². The molecule has 0 saturated heterocycles. The molecule has 5 heteroatoms. The molecule has 100 valence electrons. The summed E-state index contributed by atoms with van der Waals surface area (Å²) in [7, 11) is 1.58. The van der Waals surface area contributed by atoms with Crippen LogP contribution in [0.1, 0.15) is 12.0 Å². The maximum Gasteiger partial charge on any atom is 0.139 e. The Morgan fingerprint density at radius 2 is 2.11 bits per heavy atom. The van der Waals surface area contributed by atoms with Crippen LogP contribution in [0.25, 0.3) is 0 Å². The normalized spacial score (nSPS) is 10.6. The highest BCUT2D eigenvalue weighted by Crippen LogP contribution is 2.18. The predicted molar refractivity (Wildman–Crippen MR) is 67.4 cm³/mol. The average Bonchev–Trinajstić information content (AvgIpc) is 2.33. The molecule has 0 aliphatic heterocycles. The summed E-state index contributed by atoms with van der Waals surface area (Å²) in [5.74, 6) is -0.418. The topological polar surface area (TPSA) is 35.5 Å². The zero-order valence-corrected chi connectivity index (χ0v) is 11.0. The van der Waals surface area contributed by atoms with E-state index in [4.69, 9.17) is 21.1 Å². The second-order valence-corrected chi connectivity index (χ2v) is 4.21. The van der Waals surface area contributed by atoms with Crippen molar-refractivity contribution in [2.75, 3.05) is 26.9 Å². The number of methoxy groups -OCH3 is 1. The minimum atomic E-state index is -0.390. The Morgan fingerprint density at radius 1 is 1.33 bits per heavy atom. The molecular formula is C13H16ClFO3. The van der Waals surface area contributed by atoms with E-state index < -0.39 is 5.82 Å². The average molecular weight is 275 g/mol. The molecule has 3 nitrogen and oxygen atoms in total. The summed E-state index contributed by atoms with van der Waals surface area (Å²) in [6.07, 6.45) is 0.417. The SMILES string of the molecule is COCCOCCC(=O)Cc1cc(F)ccc1Cl. The van der Waals surface area contributed by atoms with Crippen LogP contribution in [0.3, 0.4) is 0 Å². The van der Waals surface area contributed by atoms with Crippen LogP contribution in [0.15, 0.2) is 18.2 Å². The molecule has 0 saturated carbocycles. The lowest BCUT2D eigenvalue weighted by Crippen LogP contribution is -2.10. The van der Waals surface area contributed by atoms with E-state index in [0.717, 1.165) is 0 Å². The molecule has 1 aromatic rings. The second-order valence-electron chi connectivity index (χ2n) is 3.81. The molecule has 0 heterocycles. The molecule has 0 unspecified atom stereocenters. The maximum absolute atomic E-state index is 13.0. The van der Waals surface area contributed by atoms with Gasteiger partial charge in [0.15, 0.2) is 0 Å². The molecule has 1 rings (SSSR count). The standard InChI is InChI=1S/C13H16ClFO3/c1-17-6-7-18-5-4-12(16)9-10-8-11(15)2-3-13(10)14/h2-3,8H,4-7,9H2,1H3. The van der Waals surface area contributed by atoms with E-state index in [1.54, 1.807) is 7.11 Å². The molecule has 0 atom stereocenters. The largest absolute Gasteiger partial charge is 0.382 e. The van der Waals surface area contributed by atoms with Crippen molar-refractivity contribution in [1.29, 1.82) is 0 Å². The van der Waals surface area contributed by atoms with Crippen LogP contribution in [0, 0.1) is 5.82 Å². The fourth-order valence-electron chi connectivity index (χ4n) is 1.41. The monoisotopic (exact) mass is 274 g/mol. The Balaban J connectivity index is 2.33. The number of hydrogen-bond acceptors (Lipinski definition) is 3. The first-order chi connectivity index (χ1) is 8.63. The van der Waals surface area contributed by atoms with E-state index in [1.807, 2.05) is 0 Å². The summed E-state index contributed by atoms with van der Waals surface area (Å²) in [4.78, 5) is 11.6. The zero-order chi connectivity index (χ0) is 13.4. The van der Waals surface area contributed by atoms with E-state index >= 15 is 0 Å². The van der Waals surface area contributed by atoms with E-state index in [-0.39, 0.29) is 18.6 Å². The molecule has 0 spiro atoms. The van der Waals surface area contributed by atoms with Crippen LogP contribution < -0.4 is 0 Å². The van der Waals surface area contributed by atoms with Gasteiger partial charge in [-0.1, -0.05) is 11.6 Å². The summed E-state index contributed by atoms with van der Waals surface area (Å²) in [6.45, 7) is 1.31. The number of hydrogen-bond donors (Lipinski definition) is 0. The van der Waals surface area contributed by atoms with Gasteiger partial charge in [-0.2, -0.15) is 0 Å². The van der Waals surface area contributed by atoms with Gasteiger partial charge in [-0.05, 0) is 23.8 Å². The van der Waals surface area contributed by atoms with E-state index in [1.165, 1.54) is 18.2 Å². The fourth-order valence-corrected chi connectivity index (χ4v) is 1.59. The first-order valence-electron chi connectivity index (χ1n) is 5.66. The molecule has 0 radical (unpaired) electrons. The van der Waals surface area contributed by atoms with E-state index in [9.17, 15) is 9.18 Å². The second kappa shape index (κ2) is 8.19. The third-order valence-corrected chi connectivity index (χ3v) is 2.72. The third kappa shape index (κ3) is 5.58. The minimum absolute atomic E-state index is 0.0279. The predicted octanol–water partition coefficient (Wildman–Crippen LogP) is 2.64. The smallest absolute Gasteiger partial charge is 0.139 e. The van der Waals surface area contributed by atoms with Gasteiger partial charge in [-0.25, -0.2) is 4.39 Å². The molecule has 1 aromatic carbocycles. The Kier molecular flexibility index (Phi) is 6.86. The number of ether oxygens (including phenoxy) is 2. The van der Waals surface area contributed by atoms with Crippen molar-refractivity contribution in [1.82, 2.24) is 0 Å². The summed E-state index contributed by atoms with van der Waals surface area (Å²) < 4.78 is 23.0. The zero-order valence-electron chi connectivity index (χ0n) is 10.2. The van der Waals surface area contributed by atoms with Crippen molar-refractivity contribution in [2.45, 2.75) is 12.8 Å². The van der Waals surface area contributed by atoms with Crippen LogP contribution in [-0.2, 0) is 20.7 Å². The van der Waals surface area contributed by atoms with Gasteiger partial charge in [0.1, 0.15) is 11.6 Å². The Hall–Kier alpha value is -0.970. The van der Waals surface area contributed by atoms with Crippen molar-refractivity contribution in [3.8, 4) is 0 Å². The van der Waals surface area contributed by atoms with Gasteiger partial charge in [0, 0.05) is 25.0 Å². The van der Waals surface area contributed by atoms with E-state index in [0.29, 0.717) is 30.4 Å². The maximum atomic E-state index is 13.0. The summed E-state index contributed by atoms with van der Waals surface area (Å²) in [6, 6.07) is 4.00. The van der Waals surface area contributed by atoms with Crippen LogP contribution in [0.5, 0.6) is 0 Å². The van der Waals surface area contributed by atoms with Crippen molar-refractivity contribution in [2.24, 2.45) is 0 Å². The molecule has 0 N–H and O–H groups in total. The lowest BCUT2D eigenvalue weighted by Gasteiger charge is -2.05. The first-order valence-corrected chi connectivity index (χ1v) is 6.03. The van der Waals surface area contributed by atoms with Gasteiger partial charge in [0.25, 0.3) is 0 Å². The number of benzene rings is 1. The quantitative estimate of drug-likeness (QED) is 0.684. The van der Waals surface area contributed by atoms with Gasteiger partial charge in [0.2, 0.25) is 0 Å². The molecular weight excluding hydrogens is 259 g/mol. The Bertz CT molecular complexity index is 396. The van der Waals surface area contributed by atoms with Crippen LogP contribution in [0.2, 0.25) is 5.02 Å². The highest BCUT2D eigenvalue weighted by Gasteiger charge is 2.08. The number of Topliss-reactive ketones (excluding diaryl/α,β-unsaturated/α-hetero) is 1. The summed E-state index contributed by atoms with van der Waals surface area (Å²) in [5, 5.41) is 0.407. The fraction of sp³-hybridized carbons (Fsp3) is 0.462. The number of rotatable bonds is 8. The lowest BCUT2D eigenvalue weighted by atomic mass is 10.1. The molecule has 18 heavy (non-hydrogen) atoms. The van der Waals surface area contributed by atoms with Gasteiger partial charge in [-0.15, -0.1) is 0 Å². The molecule has 0 fully saturated rings.